The second-order valence-corrected chi connectivity index (χ2v) is 8.15. The molecule has 2 saturated heterocycles. The highest BCUT2D eigenvalue weighted by atomic mass is 16.2. The lowest BCUT2D eigenvalue weighted by molar-refractivity contribution is -0.974. The molecule has 1 aromatic rings. The molecule has 0 radical (unpaired) electrons. The van der Waals surface area contributed by atoms with E-state index in [2.05, 4.69) is 37.1 Å². The molecule has 2 heterocycles. The van der Waals surface area contributed by atoms with Gasteiger partial charge < -0.3 is 0 Å². The highest BCUT2D eigenvalue weighted by Gasteiger charge is 2.44. The van der Waals surface area contributed by atoms with Crippen LogP contribution < -0.4 is 0 Å². The molecule has 0 spiro atoms. The number of rotatable bonds is 6. The van der Waals surface area contributed by atoms with Crippen LogP contribution in [0.15, 0.2) is 18.2 Å². The maximum absolute atomic E-state index is 13.4. The summed E-state index contributed by atoms with van der Waals surface area (Å²) in [6.07, 6.45) is 11.3. The molecule has 3 nitrogen and oxygen atoms in total. The molecule has 144 valence electrons. The van der Waals surface area contributed by atoms with Gasteiger partial charge in [-0.1, -0.05) is 38.5 Å². The Kier molecular flexibility index (Phi) is 6.88. The van der Waals surface area contributed by atoms with Gasteiger partial charge in [-0.15, -0.1) is 5.01 Å². The van der Waals surface area contributed by atoms with Gasteiger partial charge in [-0.25, -0.2) is 4.79 Å². The molecule has 0 saturated carbocycles. The fourth-order valence-corrected chi connectivity index (χ4v) is 4.95. The number of carbonyl (C=O) groups excluding carboxylic acids is 1. The zero-order valence-corrected chi connectivity index (χ0v) is 16.9. The Morgan fingerprint density at radius 3 is 2.23 bits per heavy atom. The molecule has 2 aliphatic rings. The average Bonchev–Trinajstić information content (AvgIpc) is 2.72. The van der Waals surface area contributed by atoms with E-state index in [1.807, 2.05) is 0 Å². The van der Waals surface area contributed by atoms with Crippen LogP contribution in [-0.4, -0.2) is 41.7 Å². The minimum Gasteiger partial charge on any atom is -0.229 e. The molecule has 1 amide bonds. The number of carbonyl (C=O) groups is 1. The predicted octanol–water partition coefficient (Wildman–Crippen LogP) is 4.67. The predicted molar refractivity (Wildman–Crippen MR) is 108 cm³/mol. The van der Waals surface area contributed by atoms with Crippen molar-refractivity contribution in [3.05, 3.63) is 34.9 Å². The van der Waals surface area contributed by atoms with E-state index in [9.17, 15) is 4.79 Å². The molecule has 2 fully saturated rings. The fraction of sp³-hybridized carbons (Fsp3) is 0.696. The van der Waals surface area contributed by atoms with Crippen molar-refractivity contribution < 1.29 is 9.39 Å². The Bertz CT molecular complexity index is 598. The number of hydrogen-bond acceptors (Lipinski definition) is 2. The SMILES string of the molecule is CCc1ccc(CCC(=O)[N+]2(N3CCCCC3)CCCCC2)cc1CC. The minimum absolute atomic E-state index is 0.462. The summed E-state index contributed by atoms with van der Waals surface area (Å²) in [5, 5.41) is 2.52. The van der Waals surface area contributed by atoms with Gasteiger partial charge in [0.2, 0.25) is 0 Å². The number of nitrogens with zero attached hydrogens (tertiary/aromatic N) is 2. The van der Waals surface area contributed by atoms with Gasteiger partial charge in [-0.3, -0.25) is 0 Å². The first-order valence-electron chi connectivity index (χ1n) is 11.0. The van der Waals surface area contributed by atoms with Crippen LogP contribution in [0.1, 0.15) is 75.5 Å². The first kappa shape index (κ1) is 19.6. The van der Waals surface area contributed by atoms with Crippen LogP contribution in [0.4, 0.5) is 0 Å². The molecule has 0 N–H and O–H groups in total. The maximum Gasteiger partial charge on any atom is 0.333 e. The number of piperidine rings is 2. The zero-order valence-electron chi connectivity index (χ0n) is 16.9. The topological polar surface area (TPSA) is 20.3 Å². The van der Waals surface area contributed by atoms with E-state index in [1.54, 1.807) is 0 Å². The van der Waals surface area contributed by atoms with E-state index >= 15 is 0 Å². The lowest BCUT2D eigenvalue weighted by Crippen LogP contribution is -2.66. The van der Waals surface area contributed by atoms with Gasteiger partial charge in [0.1, 0.15) is 13.1 Å². The Hall–Kier alpha value is -1.19. The quantitative estimate of drug-likeness (QED) is 0.690. The first-order chi connectivity index (χ1) is 12.7. The van der Waals surface area contributed by atoms with Gasteiger partial charge in [-0.05, 0) is 68.1 Å². The molecule has 26 heavy (non-hydrogen) atoms. The van der Waals surface area contributed by atoms with Crippen LogP contribution in [0.2, 0.25) is 0 Å². The zero-order chi connectivity index (χ0) is 18.4. The molecule has 0 aliphatic carbocycles. The lowest BCUT2D eigenvalue weighted by atomic mass is 9.97. The van der Waals surface area contributed by atoms with Gasteiger partial charge in [0, 0.05) is 13.1 Å². The number of benzene rings is 1. The number of quaternary nitrogens is 1. The molecule has 3 rings (SSSR count). The van der Waals surface area contributed by atoms with Gasteiger partial charge >= 0.3 is 5.91 Å². The third-order valence-electron chi connectivity index (χ3n) is 6.55. The van der Waals surface area contributed by atoms with Crippen molar-refractivity contribution in [2.45, 2.75) is 78.1 Å². The molecule has 0 unspecified atom stereocenters. The summed E-state index contributed by atoms with van der Waals surface area (Å²) in [6.45, 7) is 8.74. The fourth-order valence-electron chi connectivity index (χ4n) is 4.95. The van der Waals surface area contributed by atoms with Gasteiger partial charge in [0.15, 0.2) is 0 Å². The third kappa shape index (κ3) is 4.20. The summed E-state index contributed by atoms with van der Waals surface area (Å²) in [6, 6.07) is 6.86. The second kappa shape index (κ2) is 9.14. The second-order valence-electron chi connectivity index (χ2n) is 8.15. The van der Waals surface area contributed by atoms with Crippen LogP contribution in [-0.2, 0) is 24.1 Å². The van der Waals surface area contributed by atoms with Crippen molar-refractivity contribution >= 4 is 5.91 Å². The van der Waals surface area contributed by atoms with Crippen LogP contribution >= 0.6 is 0 Å². The Morgan fingerprint density at radius 1 is 0.923 bits per heavy atom. The lowest BCUT2D eigenvalue weighted by Gasteiger charge is -2.47. The highest BCUT2D eigenvalue weighted by molar-refractivity contribution is 5.69. The van der Waals surface area contributed by atoms with Crippen molar-refractivity contribution in [2.24, 2.45) is 0 Å². The van der Waals surface area contributed by atoms with Crippen molar-refractivity contribution in [3.63, 3.8) is 0 Å². The molecule has 1 aromatic carbocycles. The Balaban J connectivity index is 1.70. The van der Waals surface area contributed by atoms with Gasteiger partial charge in [0.05, 0.1) is 6.42 Å². The molecule has 0 aromatic heterocycles. The van der Waals surface area contributed by atoms with Crippen LogP contribution in [0.3, 0.4) is 0 Å². The van der Waals surface area contributed by atoms with E-state index in [1.165, 1.54) is 55.2 Å². The highest BCUT2D eigenvalue weighted by Crippen LogP contribution is 2.28. The monoisotopic (exact) mass is 357 g/mol. The molecule has 0 atom stereocenters. The molecule has 0 bridgehead atoms. The van der Waals surface area contributed by atoms with E-state index in [0.29, 0.717) is 16.9 Å². The summed E-state index contributed by atoms with van der Waals surface area (Å²) >= 11 is 0. The van der Waals surface area contributed by atoms with E-state index < -0.39 is 0 Å². The number of hydrogen-bond donors (Lipinski definition) is 0. The number of aryl methyl sites for hydroxylation is 3. The minimum atomic E-state index is 0.462. The number of amides is 1. The normalized spacial score (nSPS) is 20.8. The van der Waals surface area contributed by atoms with Crippen molar-refractivity contribution in [1.82, 2.24) is 5.01 Å². The summed E-state index contributed by atoms with van der Waals surface area (Å²) in [5.74, 6) is 0.462. The largest absolute Gasteiger partial charge is 0.333 e. The molecular weight excluding hydrogens is 320 g/mol. The van der Waals surface area contributed by atoms with Crippen LogP contribution in [0, 0.1) is 0 Å². The standard InChI is InChI=1S/C23H37N2O/c1-3-21-13-11-20(19-22(21)4-2)12-14-23(26)25(17-9-6-10-18-25)24-15-7-5-8-16-24/h11,13,19H,3-10,12,14-18H2,1-2H3/q+1. The van der Waals surface area contributed by atoms with Crippen molar-refractivity contribution in [2.75, 3.05) is 26.2 Å². The van der Waals surface area contributed by atoms with E-state index in [4.69, 9.17) is 0 Å². The van der Waals surface area contributed by atoms with E-state index in [-0.39, 0.29) is 0 Å². The van der Waals surface area contributed by atoms with Gasteiger partial charge in [-0.2, -0.15) is 4.59 Å². The Labute approximate surface area is 159 Å². The average molecular weight is 358 g/mol. The number of likely N-dealkylation sites (tertiary alicyclic amines) is 1. The van der Waals surface area contributed by atoms with Crippen LogP contribution in [0.25, 0.3) is 0 Å². The first-order valence-corrected chi connectivity index (χ1v) is 11.0. The summed E-state index contributed by atoms with van der Waals surface area (Å²) in [4.78, 5) is 13.4. The van der Waals surface area contributed by atoms with Crippen LogP contribution in [0.5, 0.6) is 0 Å². The molecule has 3 heteroatoms. The van der Waals surface area contributed by atoms with Crippen molar-refractivity contribution in [1.29, 1.82) is 0 Å². The molecular formula is C23H37N2O+. The summed E-state index contributed by atoms with van der Waals surface area (Å²) in [7, 11) is 0. The molecule has 2 aliphatic heterocycles. The van der Waals surface area contributed by atoms with Crippen molar-refractivity contribution in [3.8, 4) is 0 Å². The van der Waals surface area contributed by atoms with Gasteiger partial charge in [0.25, 0.3) is 0 Å². The third-order valence-corrected chi connectivity index (χ3v) is 6.55. The maximum atomic E-state index is 13.4. The summed E-state index contributed by atoms with van der Waals surface area (Å²) < 4.78 is 0.660. The summed E-state index contributed by atoms with van der Waals surface area (Å²) in [5.41, 5.74) is 4.24. The smallest absolute Gasteiger partial charge is 0.229 e. The van der Waals surface area contributed by atoms with E-state index in [0.717, 1.165) is 45.4 Å². The Morgan fingerprint density at radius 2 is 1.58 bits per heavy atom.